The van der Waals surface area contributed by atoms with Crippen LogP contribution < -0.4 is 5.32 Å². The molecule has 2 aliphatic rings. The first-order chi connectivity index (χ1) is 15.2. The Labute approximate surface area is 179 Å². The molecular weight excluding hydrogens is 399 g/mol. The minimum Gasteiger partial charge on any atom is -0.381 e. The summed E-state index contributed by atoms with van der Waals surface area (Å²) in [6, 6.07) is 4.93. The number of carbonyl (C=O) groups excluding carboxylic acids is 1. The lowest BCUT2D eigenvalue weighted by atomic mass is 9.96. The summed E-state index contributed by atoms with van der Waals surface area (Å²) < 4.78 is 20.7. The van der Waals surface area contributed by atoms with Crippen molar-refractivity contribution in [2.45, 2.75) is 31.7 Å². The lowest BCUT2D eigenvalue weighted by Crippen LogP contribution is -2.48. The maximum atomic E-state index is 13.7. The molecule has 1 atom stereocenters. The van der Waals surface area contributed by atoms with Crippen LogP contribution in [0, 0.1) is 11.7 Å². The number of piperidine rings is 1. The van der Waals surface area contributed by atoms with Crippen LogP contribution in [0.25, 0.3) is 17.2 Å². The van der Waals surface area contributed by atoms with E-state index in [9.17, 15) is 9.18 Å². The molecule has 0 unspecified atom stereocenters. The van der Waals surface area contributed by atoms with Crippen molar-refractivity contribution in [1.29, 1.82) is 0 Å². The van der Waals surface area contributed by atoms with Gasteiger partial charge >= 0.3 is 0 Å². The summed E-state index contributed by atoms with van der Waals surface area (Å²) in [5, 5.41) is 3.46. The van der Waals surface area contributed by atoms with Gasteiger partial charge in [-0.25, -0.2) is 19.3 Å². The average Bonchev–Trinajstić information content (AvgIpc) is 3.22. The zero-order valence-corrected chi connectivity index (χ0v) is 17.2. The van der Waals surface area contributed by atoms with Gasteiger partial charge in [-0.1, -0.05) is 0 Å². The maximum absolute atomic E-state index is 13.7. The highest BCUT2D eigenvalue weighted by Gasteiger charge is 2.30. The van der Waals surface area contributed by atoms with Gasteiger partial charge in [0.2, 0.25) is 5.91 Å². The monoisotopic (exact) mass is 424 g/mol. The van der Waals surface area contributed by atoms with E-state index in [2.05, 4.69) is 20.3 Å². The number of halogens is 1. The zero-order chi connectivity index (χ0) is 21.2. The van der Waals surface area contributed by atoms with Crippen molar-refractivity contribution < 1.29 is 13.9 Å². The van der Waals surface area contributed by atoms with Crippen molar-refractivity contribution in [1.82, 2.24) is 24.3 Å². The van der Waals surface area contributed by atoms with Crippen LogP contribution in [0.2, 0.25) is 0 Å². The van der Waals surface area contributed by atoms with E-state index in [0.717, 1.165) is 32.2 Å². The van der Waals surface area contributed by atoms with Crippen LogP contribution in [0.5, 0.6) is 0 Å². The van der Waals surface area contributed by atoms with E-state index < -0.39 is 0 Å². The number of pyridine rings is 1. The predicted molar refractivity (Wildman–Crippen MR) is 113 cm³/mol. The summed E-state index contributed by atoms with van der Waals surface area (Å²) in [6.07, 6.45) is 8.24. The number of ether oxygens (including phenoxy) is 1. The topological polar surface area (TPSA) is 84.6 Å². The van der Waals surface area contributed by atoms with Gasteiger partial charge in [0.15, 0.2) is 5.82 Å². The molecule has 5 heterocycles. The van der Waals surface area contributed by atoms with E-state index in [1.54, 1.807) is 22.9 Å². The van der Waals surface area contributed by atoms with E-state index in [4.69, 9.17) is 4.74 Å². The van der Waals surface area contributed by atoms with Crippen molar-refractivity contribution in [3.63, 3.8) is 0 Å². The highest BCUT2D eigenvalue weighted by molar-refractivity contribution is 5.79. The second-order valence-electron chi connectivity index (χ2n) is 8.14. The molecule has 0 radical (unpaired) electrons. The number of fused-ring (bicyclic) bond motifs is 1. The van der Waals surface area contributed by atoms with Gasteiger partial charge < -0.3 is 15.0 Å². The lowest BCUT2D eigenvalue weighted by molar-refractivity contribution is -0.139. The largest absolute Gasteiger partial charge is 0.381 e. The number of anilines is 1. The first-order valence-electron chi connectivity index (χ1n) is 10.8. The third kappa shape index (κ3) is 4.23. The molecule has 0 saturated carbocycles. The van der Waals surface area contributed by atoms with Crippen LogP contribution in [-0.4, -0.2) is 62.5 Å². The number of aromatic nitrogens is 4. The summed E-state index contributed by atoms with van der Waals surface area (Å²) in [5.41, 5.74) is 1.26. The molecule has 3 aromatic heterocycles. The Bertz CT molecular complexity index is 1080. The first-order valence-corrected chi connectivity index (χ1v) is 10.8. The van der Waals surface area contributed by atoms with Gasteiger partial charge in [-0.3, -0.25) is 9.20 Å². The molecular formula is C22H25FN6O2. The molecule has 31 heavy (non-hydrogen) atoms. The number of nitrogens with one attached hydrogen (secondary N) is 1. The van der Waals surface area contributed by atoms with Crippen LogP contribution in [-0.2, 0) is 9.53 Å². The van der Waals surface area contributed by atoms with Gasteiger partial charge in [0.1, 0.15) is 23.0 Å². The zero-order valence-electron chi connectivity index (χ0n) is 17.2. The van der Waals surface area contributed by atoms with Crippen LogP contribution in [0.1, 0.15) is 25.7 Å². The van der Waals surface area contributed by atoms with Crippen molar-refractivity contribution in [2.75, 3.05) is 31.6 Å². The third-order valence-corrected chi connectivity index (χ3v) is 6.01. The normalized spacial score (nSPS) is 20.2. The molecule has 2 fully saturated rings. The summed E-state index contributed by atoms with van der Waals surface area (Å²) in [7, 11) is 0. The minimum atomic E-state index is -0.350. The summed E-state index contributed by atoms with van der Waals surface area (Å²) in [4.78, 5) is 28.1. The Morgan fingerprint density at radius 3 is 2.90 bits per heavy atom. The second kappa shape index (κ2) is 8.58. The Kier molecular flexibility index (Phi) is 5.50. The number of likely N-dealkylation sites (tertiary alicyclic amines) is 1. The molecule has 8 nitrogen and oxygen atoms in total. The fourth-order valence-electron chi connectivity index (χ4n) is 4.39. The third-order valence-electron chi connectivity index (χ3n) is 6.01. The van der Waals surface area contributed by atoms with Crippen LogP contribution in [0.4, 0.5) is 10.2 Å². The van der Waals surface area contributed by atoms with Gasteiger partial charge in [0.05, 0.1) is 6.20 Å². The number of imidazole rings is 1. The standard InChI is InChI=1S/C22H25FN6O2/c23-16-3-4-20-25-12-18(29(20)13-16)21-24-8-5-19(27-21)26-17-2-1-9-28(14-17)22(30)15-6-10-31-11-7-15/h3-5,8,12-13,15,17H,1-2,6-7,9-11,14H2,(H,24,26,27)/t17-/m1/s1. The van der Waals surface area contributed by atoms with Crippen molar-refractivity contribution in [2.24, 2.45) is 5.92 Å². The van der Waals surface area contributed by atoms with Crippen LogP contribution in [0.3, 0.4) is 0 Å². The van der Waals surface area contributed by atoms with Gasteiger partial charge in [0.25, 0.3) is 0 Å². The SMILES string of the molecule is O=C(C1CCOCC1)N1CCC[C@@H](Nc2ccnc(-c3cnc4ccc(F)cn34)n2)C1. The lowest BCUT2D eigenvalue weighted by Gasteiger charge is -2.36. The summed E-state index contributed by atoms with van der Waals surface area (Å²) in [5.74, 6) is 1.12. The number of amides is 1. The fraction of sp³-hybridized carbons (Fsp3) is 0.455. The second-order valence-corrected chi connectivity index (χ2v) is 8.14. The van der Waals surface area contributed by atoms with Gasteiger partial charge in [-0.15, -0.1) is 0 Å². The number of rotatable bonds is 4. The molecule has 0 bridgehead atoms. The van der Waals surface area contributed by atoms with Gasteiger partial charge in [-0.05, 0) is 43.9 Å². The molecule has 9 heteroatoms. The Balaban J connectivity index is 1.30. The number of carbonyl (C=O) groups is 1. The first kappa shape index (κ1) is 19.9. The molecule has 162 valence electrons. The van der Waals surface area contributed by atoms with Crippen molar-refractivity contribution in [3.05, 3.63) is 42.6 Å². The van der Waals surface area contributed by atoms with Gasteiger partial charge in [0, 0.05) is 50.7 Å². The summed E-state index contributed by atoms with van der Waals surface area (Å²) >= 11 is 0. The quantitative estimate of drug-likeness (QED) is 0.693. The number of hydrogen-bond acceptors (Lipinski definition) is 6. The maximum Gasteiger partial charge on any atom is 0.225 e. The van der Waals surface area contributed by atoms with E-state index in [1.807, 2.05) is 11.0 Å². The molecule has 5 rings (SSSR count). The molecule has 1 amide bonds. The Morgan fingerprint density at radius 2 is 2.03 bits per heavy atom. The van der Waals surface area contributed by atoms with E-state index in [-0.39, 0.29) is 23.7 Å². The van der Waals surface area contributed by atoms with E-state index in [0.29, 0.717) is 42.7 Å². The van der Waals surface area contributed by atoms with Crippen molar-refractivity contribution in [3.8, 4) is 11.5 Å². The molecule has 0 aliphatic carbocycles. The smallest absolute Gasteiger partial charge is 0.225 e. The number of hydrogen-bond donors (Lipinski definition) is 1. The molecule has 0 aromatic carbocycles. The molecule has 1 N–H and O–H groups in total. The van der Waals surface area contributed by atoms with E-state index >= 15 is 0 Å². The van der Waals surface area contributed by atoms with Crippen LogP contribution in [0.15, 0.2) is 36.8 Å². The number of nitrogens with zero attached hydrogens (tertiary/aromatic N) is 5. The highest BCUT2D eigenvalue weighted by atomic mass is 19.1. The average molecular weight is 424 g/mol. The van der Waals surface area contributed by atoms with Crippen molar-refractivity contribution >= 4 is 17.4 Å². The minimum absolute atomic E-state index is 0.0775. The Morgan fingerprint density at radius 1 is 1.16 bits per heavy atom. The molecule has 3 aromatic rings. The van der Waals surface area contributed by atoms with E-state index in [1.165, 1.54) is 12.3 Å². The molecule has 2 saturated heterocycles. The van der Waals surface area contributed by atoms with Crippen LogP contribution >= 0.6 is 0 Å². The summed E-state index contributed by atoms with van der Waals surface area (Å²) in [6.45, 7) is 2.80. The van der Waals surface area contributed by atoms with Gasteiger partial charge in [-0.2, -0.15) is 0 Å². The molecule has 2 aliphatic heterocycles. The highest BCUT2D eigenvalue weighted by Crippen LogP contribution is 2.23. The fourth-order valence-corrected chi connectivity index (χ4v) is 4.39. The molecule has 0 spiro atoms. The Hall–Kier alpha value is -3.07. The predicted octanol–water partition coefficient (Wildman–Crippen LogP) is 2.76.